The Balaban J connectivity index is 2.49. The first-order valence-corrected chi connectivity index (χ1v) is 5.22. The van der Waals surface area contributed by atoms with E-state index in [-0.39, 0.29) is 5.91 Å². The van der Waals surface area contributed by atoms with Crippen molar-refractivity contribution < 1.29 is 9.53 Å². The molecule has 0 saturated heterocycles. The zero-order valence-corrected chi connectivity index (χ0v) is 9.99. The van der Waals surface area contributed by atoms with E-state index in [1.54, 1.807) is 13.2 Å². The van der Waals surface area contributed by atoms with Crippen molar-refractivity contribution in [3.8, 4) is 0 Å². The molecule has 0 atom stereocenters. The molecule has 0 unspecified atom stereocenters. The lowest BCUT2D eigenvalue weighted by atomic mass is 10.4. The number of rotatable bonds is 6. The van der Waals surface area contributed by atoms with Crippen LogP contribution in [0.25, 0.3) is 0 Å². The van der Waals surface area contributed by atoms with Gasteiger partial charge in [-0.2, -0.15) is 0 Å². The van der Waals surface area contributed by atoms with E-state index < -0.39 is 0 Å². The minimum Gasteiger partial charge on any atom is -0.384 e. The van der Waals surface area contributed by atoms with Crippen LogP contribution in [-0.2, 0) is 16.1 Å². The van der Waals surface area contributed by atoms with Gasteiger partial charge in [-0.1, -0.05) is 0 Å². The van der Waals surface area contributed by atoms with Gasteiger partial charge in [-0.25, -0.2) is 9.97 Å². The third-order valence-corrected chi connectivity index (χ3v) is 1.87. The summed E-state index contributed by atoms with van der Waals surface area (Å²) in [6.07, 6.45) is 0. The predicted molar refractivity (Wildman–Crippen MR) is 64.3 cm³/mol. The first kappa shape index (κ1) is 13.2. The Morgan fingerprint density at radius 3 is 2.88 bits per heavy atom. The Hall–Kier alpha value is -1.89. The number of methoxy groups -OCH3 is 1. The standard InChI is InChI=1S/C10H17N5O2/c1-7(16)12-3-4-13-9-5-8(11)14-10(15-9)6-17-2/h5H,3-4,6H2,1-2H3,(H,12,16)(H3,11,13,14,15). The van der Waals surface area contributed by atoms with Gasteiger partial charge in [0.2, 0.25) is 5.91 Å². The highest BCUT2D eigenvalue weighted by Gasteiger charge is 2.02. The van der Waals surface area contributed by atoms with Crippen molar-refractivity contribution in [1.29, 1.82) is 0 Å². The summed E-state index contributed by atoms with van der Waals surface area (Å²) < 4.78 is 4.93. The van der Waals surface area contributed by atoms with E-state index in [9.17, 15) is 4.79 Å². The van der Waals surface area contributed by atoms with Crippen molar-refractivity contribution in [1.82, 2.24) is 15.3 Å². The van der Waals surface area contributed by atoms with Crippen LogP contribution in [0.3, 0.4) is 0 Å². The molecule has 7 heteroatoms. The zero-order valence-electron chi connectivity index (χ0n) is 9.99. The number of nitrogens with zero attached hydrogens (tertiary/aromatic N) is 2. The molecule has 1 amide bonds. The molecule has 0 saturated carbocycles. The Labute approximate surface area is 99.8 Å². The molecule has 0 radical (unpaired) electrons. The first-order chi connectivity index (χ1) is 8.11. The van der Waals surface area contributed by atoms with Gasteiger partial charge in [0.1, 0.15) is 18.2 Å². The molecule has 1 aromatic rings. The molecule has 0 spiro atoms. The van der Waals surface area contributed by atoms with E-state index in [4.69, 9.17) is 10.5 Å². The summed E-state index contributed by atoms with van der Waals surface area (Å²) in [7, 11) is 1.57. The first-order valence-electron chi connectivity index (χ1n) is 5.22. The zero-order chi connectivity index (χ0) is 12.7. The van der Waals surface area contributed by atoms with Gasteiger partial charge in [0.25, 0.3) is 0 Å². The van der Waals surface area contributed by atoms with E-state index in [1.807, 2.05) is 0 Å². The normalized spacial score (nSPS) is 10.0. The van der Waals surface area contributed by atoms with Gasteiger partial charge in [0.15, 0.2) is 5.82 Å². The number of carbonyl (C=O) groups excluding carboxylic acids is 1. The molecule has 1 heterocycles. The number of hydrogen-bond acceptors (Lipinski definition) is 6. The van der Waals surface area contributed by atoms with Crippen LogP contribution in [-0.4, -0.2) is 36.1 Å². The number of nitrogens with two attached hydrogens (primary N) is 1. The maximum absolute atomic E-state index is 10.6. The Morgan fingerprint density at radius 1 is 1.47 bits per heavy atom. The highest BCUT2D eigenvalue weighted by molar-refractivity contribution is 5.72. The number of nitrogens with one attached hydrogen (secondary N) is 2. The molecular formula is C10H17N5O2. The highest BCUT2D eigenvalue weighted by atomic mass is 16.5. The van der Waals surface area contributed by atoms with Crippen LogP contribution in [0, 0.1) is 0 Å². The smallest absolute Gasteiger partial charge is 0.216 e. The molecular weight excluding hydrogens is 222 g/mol. The van der Waals surface area contributed by atoms with Gasteiger partial charge in [0.05, 0.1) is 0 Å². The summed E-state index contributed by atoms with van der Waals surface area (Å²) in [5, 5.41) is 5.71. The summed E-state index contributed by atoms with van der Waals surface area (Å²) in [4.78, 5) is 18.9. The number of carbonyl (C=O) groups is 1. The molecule has 94 valence electrons. The SMILES string of the molecule is COCc1nc(N)cc(NCCNC(C)=O)n1. The fourth-order valence-corrected chi connectivity index (χ4v) is 1.23. The molecule has 0 aromatic carbocycles. The van der Waals surface area contributed by atoms with Gasteiger partial charge in [-0.15, -0.1) is 0 Å². The van der Waals surface area contributed by atoms with E-state index in [1.165, 1.54) is 6.92 Å². The lowest BCUT2D eigenvalue weighted by Gasteiger charge is -2.08. The lowest BCUT2D eigenvalue weighted by Crippen LogP contribution is -2.26. The third kappa shape index (κ3) is 5.12. The third-order valence-electron chi connectivity index (χ3n) is 1.87. The average molecular weight is 239 g/mol. The van der Waals surface area contributed by atoms with Crippen molar-refractivity contribution in [3.05, 3.63) is 11.9 Å². The maximum atomic E-state index is 10.6. The quantitative estimate of drug-likeness (QED) is 0.592. The summed E-state index contributed by atoms with van der Waals surface area (Å²) >= 11 is 0. The highest BCUT2D eigenvalue weighted by Crippen LogP contribution is 2.08. The van der Waals surface area contributed by atoms with E-state index in [0.717, 1.165) is 0 Å². The molecule has 7 nitrogen and oxygen atoms in total. The van der Waals surface area contributed by atoms with Crippen molar-refractivity contribution in [2.24, 2.45) is 0 Å². The molecule has 0 bridgehead atoms. The van der Waals surface area contributed by atoms with Crippen LogP contribution in [0.15, 0.2) is 6.07 Å². The summed E-state index contributed by atoms with van der Waals surface area (Å²) in [5.74, 6) is 1.47. The fourth-order valence-electron chi connectivity index (χ4n) is 1.23. The minimum atomic E-state index is -0.0610. The number of nitrogen functional groups attached to an aromatic ring is 1. The van der Waals surface area contributed by atoms with Crippen LogP contribution in [0.5, 0.6) is 0 Å². The number of aromatic nitrogens is 2. The molecule has 0 aliphatic rings. The molecule has 0 fully saturated rings. The van der Waals surface area contributed by atoms with Crippen molar-refractivity contribution >= 4 is 17.5 Å². The second-order valence-corrected chi connectivity index (χ2v) is 3.44. The Kier molecular flexibility index (Phi) is 5.15. The lowest BCUT2D eigenvalue weighted by molar-refractivity contribution is -0.118. The Bertz CT molecular complexity index is 383. The van der Waals surface area contributed by atoms with E-state index >= 15 is 0 Å². The van der Waals surface area contributed by atoms with Crippen LogP contribution >= 0.6 is 0 Å². The molecule has 17 heavy (non-hydrogen) atoms. The van der Waals surface area contributed by atoms with Gasteiger partial charge in [0, 0.05) is 33.2 Å². The summed E-state index contributed by atoms with van der Waals surface area (Å²) in [6, 6.07) is 1.63. The summed E-state index contributed by atoms with van der Waals surface area (Å²) in [6.45, 7) is 2.88. The maximum Gasteiger partial charge on any atom is 0.216 e. The van der Waals surface area contributed by atoms with E-state index in [0.29, 0.717) is 37.2 Å². The second-order valence-electron chi connectivity index (χ2n) is 3.44. The monoisotopic (exact) mass is 239 g/mol. The fraction of sp³-hybridized carbons (Fsp3) is 0.500. The molecule has 4 N–H and O–H groups in total. The van der Waals surface area contributed by atoms with Crippen molar-refractivity contribution in [2.75, 3.05) is 31.2 Å². The number of anilines is 2. The van der Waals surface area contributed by atoms with Crippen molar-refractivity contribution in [2.45, 2.75) is 13.5 Å². The number of hydrogen-bond donors (Lipinski definition) is 3. The van der Waals surface area contributed by atoms with Crippen LogP contribution in [0.1, 0.15) is 12.7 Å². The van der Waals surface area contributed by atoms with Gasteiger partial charge in [-0.3, -0.25) is 4.79 Å². The van der Waals surface area contributed by atoms with Gasteiger partial charge < -0.3 is 21.1 Å². The van der Waals surface area contributed by atoms with E-state index in [2.05, 4.69) is 20.6 Å². The van der Waals surface area contributed by atoms with Gasteiger partial charge >= 0.3 is 0 Å². The molecule has 0 aliphatic heterocycles. The van der Waals surface area contributed by atoms with Crippen molar-refractivity contribution in [3.63, 3.8) is 0 Å². The van der Waals surface area contributed by atoms with Gasteiger partial charge in [-0.05, 0) is 0 Å². The van der Waals surface area contributed by atoms with Crippen LogP contribution in [0.2, 0.25) is 0 Å². The minimum absolute atomic E-state index is 0.0610. The van der Waals surface area contributed by atoms with Crippen LogP contribution < -0.4 is 16.4 Å². The molecule has 0 aliphatic carbocycles. The second kappa shape index (κ2) is 6.64. The largest absolute Gasteiger partial charge is 0.384 e. The number of ether oxygens (including phenoxy) is 1. The predicted octanol–water partition coefficient (Wildman–Crippen LogP) is -0.247. The molecule has 1 aromatic heterocycles. The average Bonchev–Trinajstić information content (AvgIpc) is 2.24. The number of amides is 1. The Morgan fingerprint density at radius 2 is 2.24 bits per heavy atom. The topological polar surface area (TPSA) is 102 Å². The molecule has 1 rings (SSSR count). The van der Waals surface area contributed by atoms with Crippen LogP contribution in [0.4, 0.5) is 11.6 Å². The summed E-state index contributed by atoms with van der Waals surface area (Å²) in [5.41, 5.74) is 5.63.